The zero-order valence-electron chi connectivity index (χ0n) is 17.3. The third kappa shape index (κ3) is 5.64. The average molecular weight is 445 g/mol. The van der Waals surface area contributed by atoms with E-state index >= 15 is 0 Å². The summed E-state index contributed by atoms with van der Waals surface area (Å²) < 4.78 is 24.3. The molecule has 0 aliphatic carbocycles. The summed E-state index contributed by atoms with van der Waals surface area (Å²) in [6.45, 7) is 6.12. The maximum absolute atomic E-state index is 13.0. The van der Waals surface area contributed by atoms with Gasteiger partial charge in [-0.1, -0.05) is 30.6 Å². The molecule has 0 unspecified atom stereocenters. The van der Waals surface area contributed by atoms with Gasteiger partial charge in [0, 0.05) is 10.6 Å². The predicted octanol–water partition coefficient (Wildman–Crippen LogP) is 5.56. The number of ether oxygens (including phenoxy) is 1. The van der Waals surface area contributed by atoms with Gasteiger partial charge in [0.15, 0.2) is 5.84 Å². The third-order valence-corrected chi connectivity index (χ3v) is 4.92. The summed E-state index contributed by atoms with van der Waals surface area (Å²) in [6, 6.07) is 12.1. The van der Waals surface area contributed by atoms with E-state index in [2.05, 4.69) is 5.16 Å². The van der Waals surface area contributed by atoms with Crippen LogP contribution in [0.25, 0.3) is 0 Å². The van der Waals surface area contributed by atoms with Gasteiger partial charge in [-0.05, 0) is 72.5 Å². The molecule has 8 heteroatoms. The van der Waals surface area contributed by atoms with Crippen LogP contribution in [-0.2, 0) is 11.4 Å². The van der Waals surface area contributed by atoms with Crippen molar-refractivity contribution in [3.05, 3.63) is 87.6 Å². The highest BCUT2D eigenvalue weighted by molar-refractivity contribution is 6.31. The number of nitrogens with zero attached hydrogens (tertiary/aromatic N) is 1. The maximum atomic E-state index is 13.0. The number of halogens is 2. The van der Waals surface area contributed by atoms with Gasteiger partial charge in [-0.2, -0.15) is 0 Å². The van der Waals surface area contributed by atoms with E-state index in [9.17, 15) is 9.18 Å². The normalized spacial score (nSPS) is 11.6. The number of benzene rings is 2. The molecule has 1 aromatic heterocycles. The molecule has 3 aromatic rings. The molecule has 3 rings (SSSR count). The fraction of sp³-hybridized carbons (Fsp3) is 0.217. The molecule has 0 spiro atoms. The first-order chi connectivity index (χ1) is 14.7. The molecule has 0 saturated heterocycles. The van der Waals surface area contributed by atoms with Gasteiger partial charge in [-0.25, -0.2) is 9.18 Å². The van der Waals surface area contributed by atoms with E-state index in [0.29, 0.717) is 22.1 Å². The number of aryl methyl sites for hydroxylation is 1. The molecule has 1 heterocycles. The van der Waals surface area contributed by atoms with E-state index < -0.39 is 11.8 Å². The van der Waals surface area contributed by atoms with Gasteiger partial charge in [0.1, 0.15) is 23.9 Å². The number of rotatable bonds is 7. The minimum Gasteiger partial charge on any atom is -0.485 e. The highest BCUT2D eigenvalue weighted by Gasteiger charge is 2.16. The first-order valence-electron chi connectivity index (χ1n) is 9.57. The Balaban J connectivity index is 1.64. The smallest absolute Gasteiger partial charge is 0.400 e. The van der Waals surface area contributed by atoms with Gasteiger partial charge in [-0.15, -0.1) is 0 Å². The van der Waals surface area contributed by atoms with E-state index in [1.165, 1.54) is 30.3 Å². The Morgan fingerprint density at radius 2 is 1.90 bits per heavy atom. The fourth-order valence-corrected chi connectivity index (χ4v) is 2.94. The number of hydrogen-bond acceptors (Lipinski definition) is 5. The highest BCUT2D eigenvalue weighted by Crippen LogP contribution is 2.32. The molecule has 2 N–H and O–H groups in total. The molecule has 31 heavy (non-hydrogen) atoms. The Morgan fingerprint density at radius 3 is 2.58 bits per heavy atom. The van der Waals surface area contributed by atoms with Crippen molar-refractivity contribution in [1.29, 1.82) is 0 Å². The van der Waals surface area contributed by atoms with Crippen LogP contribution in [0.4, 0.5) is 4.39 Å². The van der Waals surface area contributed by atoms with Crippen molar-refractivity contribution < 1.29 is 23.2 Å². The molecule has 2 aromatic carbocycles. The Hall–Kier alpha value is -3.32. The second-order valence-corrected chi connectivity index (χ2v) is 7.62. The van der Waals surface area contributed by atoms with Gasteiger partial charge < -0.3 is 19.7 Å². The van der Waals surface area contributed by atoms with Crippen molar-refractivity contribution in [1.82, 2.24) is 0 Å². The number of carbonyl (C=O) groups excluding carboxylic acids is 1. The molecule has 0 fully saturated rings. The molecule has 0 aliphatic heterocycles. The Bertz CT molecular complexity index is 1110. The molecule has 0 radical (unpaired) electrons. The van der Waals surface area contributed by atoms with Gasteiger partial charge in [0.2, 0.25) is 5.76 Å². The fourth-order valence-electron chi connectivity index (χ4n) is 2.77. The summed E-state index contributed by atoms with van der Waals surface area (Å²) in [5.74, 6) is 0.0154. The molecule has 162 valence electrons. The minimum absolute atomic E-state index is 0.0503. The van der Waals surface area contributed by atoms with Gasteiger partial charge in [0.05, 0.1) is 0 Å². The number of nitrogens with two attached hydrogens (primary N) is 1. The molecule has 0 bridgehead atoms. The monoisotopic (exact) mass is 444 g/mol. The molecule has 0 aliphatic rings. The lowest BCUT2D eigenvalue weighted by molar-refractivity contribution is 0.0475. The van der Waals surface area contributed by atoms with Crippen LogP contribution in [0, 0.1) is 12.7 Å². The minimum atomic E-state index is -0.818. The van der Waals surface area contributed by atoms with Crippen molar-refractivity contribution in [2.45, 2.75) is 33.3 Å². The topological polar surface area (TPSA) is 87.0 Å². The molecule has 0 atom stereocenters. The van der Waals surface area contributed by atoms with Crippen molar-refractivity contribution in [2.24, 2.45) is 10.9 Å². The molecule has 0 saturated carbocycles. The van der Waals surface area contributed by atoms with E-state index in [1.807, 2.05) is 32.9 Å². The van der Waals surface area contributed by atoms with E-state index in [1.54, 1.807) is 6.07 Å². The quantitative estimate of drug-likeness (QED) is 0.223. The van der Waals surface area contributed by atoms with Crippen molar-refractivity contribution >= 4 is 23.4 Å². The van der Waals surface area contributed by atoms with Crippen LogP contribution in [0.2, 0.25) is 5.02 Å². The van der Waals surface area contributed by atoms with Crippen molar-refractivity contribution in [3.63, 3.8) is 0 Å². The first kappa shape index (κ1) is 22.4. The van der Waals surface area contributed by atoms with Crippen LogP contribution in [0.3, 0.4) is 0 Å². The van der Waals surface area contributed by atoms with Crippen LogP contribution < -0.4 is 10.5 Å². The summed E-state index contributed by atoms with van der Waals surface area (Å²) in [4.78, 5) is 17.0. The van der Waals surface area contributed by atoms with Gasteiger partial charge in [-0.3, -0.25) is 0 Å². The highest BCUT2D eigenvalue weighted by atomic mass is 35.5. The number of furan rings is 1. The van der Waals surface area contributed by atoms with Gasteiger partial charge in [0.25, 0.3) is 0 Å². The lowest BCUT2D eigenvalue weighted by atomic mass is 10.0. The number of amidine groups is 1. The second-order valence-electron chi connectivity index (χ2n) is 7.21. The zero-order valence-corrected chi connectivity index (χ0v) is 18.1. The van der Waals surface area contributed by atoms with E-state index in [0.717, 1.165) is 11.1 Å². The predicted molar refractivity (Wildman–Crippen MR) is 116 cm³/mol. The van der Waals surface area contributed by atoms with Crippen LogP contribution in [0.15, 0.2) is 58.1 Å². The number of oxime groups is 1. The molecule has 0 amide bonds. The summed E-state index contributed by atoms with van der Waals surface area (Å²) in [6.07, 6.45) is 0. The Kier molecular flexibility index (Phi) is 6.97. The lowest BCUT2D eigenvalue weighted by Gasteiger charge is -2.15. The van der Waals surface area contributed by atoms with Crippen molar-refractivity contribution in [3.8, 4) is 5.75 Å². The molecule has 6 nitrogen and oxygen atoms in total. The lowest BCUT2D eigenvalue weighted by Crippen LogP contribution is -2.15. The van der Waals surface area contributed by atoms with Crippen LogP contribution >= 0.6 is 11.6 Å². The SMILES string of the molecule is Cc1cc(OCc2ccc(C(=O)O/N=C(\N)c3ccc(F)cc3)o2)c(C(C)C)cc1Cl. The zero-order chi connectivity index (χ0) is 22.5. The summed E-state index contributed by atoms with van der Waals surface area (Å²) in [5, 5.41) is 4.25. The number of hydrogen-bond donors (Lipinski definition) is 1. The number of carbonyl (C=O) groups is 1. The molecular formula is C23H22ClFN2O4. The maximum Gasteiger partial charge on any atom is 0.400 e. The van der Waals surface area contributed by atoms with Crippen LogP contribution in [-0.4, -0.2) is 11.8 Å². The van der Waals surface area contributed by atoms with E-state index in [4.69, 9.17) is 31.3 Å². The average Bonchev–Trinajstić information content (AvgIpc) is 3.22. The summed E-state index contributed by atoms with van der Waals surface area (Å²) in [5.41, 5.74) is 8.04. The Labute approximate surface area is 184 Å². The standard InChI is InChI=1S/C23H22ClFN2O4/c1-13(2)18-11-19(24)14(3)10-21(18)29-12-17-8-9-20(30-17)23(28)31-27-22(26)15-4-6-16(25)7-5-15/h4-11,13H,12H2,1-3H3,(H2,26,27). The molecular weight excluding hydrogens is 423 g/mol. The van der Waals surface area contributed by atoms with E-state index in [-0.39, 0.29) is 24.1 Å². The van der Waals surface area contributed by atoms with Crippen LogP contribution in [0.1, 0.15) is 52.8 Å². The third-order valence-electron chi connectivity index (χ3n) is 4.51. The van der Waals surface area contributed by atoms with Crippen LogP contribution in [0.5, 0.6) is 5.75 Å². The summed E-state index contributed by atoms with van der Waals surface area (Å²) in [7, 11) is 0. The summed E-state index contributed by atoms with van der Waals surface area (Å²) >= 11 is 6.22. The van der Waals surface area contributed by atoms with Crippen molar-refractivity contribution in [2.75, 3.05) is 0 Å². The first-order valence-corrected chi connectivity index (χ1v) is 9.94. The Morgan fingerprint density at radius 1 is 1.19 bits per heavy atom. The largest absolute Gasteiger partial charge is 0.485 e. The van der Waals surface area contributed by atoms with Gasteiger partial charge >= 0.3 is 5.97 Å². The second kappa shape index (κ2) is 9.66.